The minimum atomic E-state index is -0.402. The molecule has 3 nitrogen and oxygen atoms in total. The minimum Gasteiger partial charge on any atom is -0.390 e. The van der Waals surface area contributed by atoms with Crippen LogP contribution in [0.4, 0.5) is 0 Å². The molecule has 0 aliphatic heterocycles. The van der Waals surface area contributed by atoms with Crippen molar-refractivity contribution in [1.29, 1.82) is 0 Å². The summed E-state index contributed by atoms with van der Waals surface area (Å²) in [6.07, 6.45) is 17.5. The lowest BCUT2D eigenvalue weighted by Gasteiger charge is -2.57. The van der Waals surface area contributed by atoms with E-state index in [4.69, 9.17) is 0 Å². The van der Waals surface area contributed by atoms with Crippen LogP contribution in [-0.4, -0.2) is 20.3 Å². The number of allylic oxidation sites excluding steroid dienone is 1. The number of rotatable bonds is 3. The van der Waals surface area contributed by atoms with Crippen LogP contribution in [0, 0.1) is 40.9 Å². The Morgan fingerprint density at radius 3 is 2.68 bits per heavy atom. The largest absolute Gasteiger partial charge is 0.390 e. The van der Waals surface area contributed by atoms with Gasteiger partial charge in [0, 0.05) is 18.9 Å². The Bertz CT molecular complexity index is 723. The second-order valence-electron chi connectivity index (χ2n) is 11.2. The molecule has 28 heavy (non-hydrogen) atoms. The van der Waals surface area contributed by atoms with Crippen LogP contribution in [0.25, 0.3) is 0 Å². The lowest BCUT2D eigenvalue weighted by molar-refractivity contribution is -0.0979. The maximum absolute atomic E-state index is 10.6. The quantitative estimate of drug-likeness (QED) is 0.705. The maximum atomic E-state index is 10.6. The van der Waals surface area contributed by atoms with Crippen molar-refractivity contribution in [2.45, 2.75) is 83.8 Å². The van der Waals surface area contributed by atoms with Crippen molar-refractivity contribution >= 4 is 0 Å². The molecule has 0 saturated heterocycles. The molecule has 154 valence electrons. The zero-order chi connectivity index (χ0) is 19.5. The summed E-state index contributed by atoms with van der Waals surface area (Å²) >= 11 is 0. The van der Waals surface area contributed by atoms with E-state index in [0.29, 0.717) is 11.3 Å². The standard InChI is InChI=1S/C25H38N2O/c1-17(15-27-13-12-26-16-27)22-6-7-23-21-5-4-18-14-24(2,28)10-8-19(18)20(21)9-11-25(22,23)3/h12-13,16,18-23,28H,1,4-11,14-15H2,2-3H3/t18-,19+,20-,21-,22-,23+,24+,25-/m1/s1. The molecule has 4 aliphatic carbocycles. The van der Waals surface area contributed by atoms with E-state index in [1.807, 2.05) is 12.5 Å². The van der Waals surface area contributed by atoms with Gasteiger partial charge < -0.3 is 9.67 Å². The number of imidazole rings is 1. The molecular weight excluding hydrogens is 344 g/mol. The van der Waals surface area contributed by atoms with E-state index in [9.17, 15) is 5.11 Å². The van der Waals surface area contributed by atoms with Gasteiger partial charge in [-0.3, -0.25) is 0 Å². The van der Waals surface area contributed by atoms with Crippen molar-refractivity contribution in [3.8, 4) is 0 Å². The Labute approximate surface area is 170 Å². The molecule has 0 amide bonds. The molecule has 8 atom stereocenters. The lowest BCUT2D eigenvalue weighted by Crippen LogP contribution is -2.50. The smallest absolute Gasteiger partial charge is 0.0948 e. The van der Waals surface area contributed by atoms with Crippen molar-refractivity contribution in [2.75, 3.05) is 0 Å². The Morgan fingerprint density at radius 2 is 1.89 bits per heavy atom. The summed E-state index contributed by atoms with van der Waals surface area (Å²) in [5, 5.41) is 10.6. The minimum absolute atomic E-state index is 0.402. The van der Waals surface area contributed by atoms with Crippen LogP contribution < -0.4 is 0 Å². The molecule has 4 fully saturated rings. The second-order valence-corrected chi connectivity index (χ2v) is 11.2. The first-order valence-electron chi connectivity index (χ1n) is 11.7. The van der Waals surface area contributed by atoms with E-state index in [0.717, 1.165) is 49.0 Å². The van der Waals surface area contributed by atoms with Crippen molar-refractivity contribution in [1.82, 2.24) is 9.55 Å². The summed E-state index contributed by atoms with van der Waals surface area (Å²) in [5.74, 6) is 5.08. The number of nitrogens with zero attached hydrogens (tertiary/aromatic N) is 2. The van der Waals surface area contributed by atoms with Crippen molar-refractivity contribution in [3.05, 3.63) is 30.9 Å². The van der Waals surface area contributed by atoms with E-state index in [2.05, 4.69) is 36.2 Å². The normalized spacial score (nSPS) is 47.8. The molecule has 4 saturated carbocycles. The van der Waals surface area contributed by atoms with Crippen LogP contribution in [-0.2, 0) is 6.54 Å². The van der Waals surface area contributed by atoms with Crippen LogP contribution in [0.15, 0.2) is 30.9 Å². The molecule has 0 bridgehead atoms. The van der Waals surface area contributed by atoms with Gasteiger partial charge in [-0.25, -0.2) is 4.98 Å². The first kappa shape index (κ1) is 18.9. The average Bonchev–Trinajstić information content (AvgIpc) is 3.27. The van der Waals surface area contributed by atoms with E-state index in [1.54, 1.807) is 0 Å². The Hall–Kier alpha value is -1.09. The molecule has 0 aromatic carbocycles. The third-order valence-electron chi connectivity index (χ3n) is 9.67. The average molecular weight is 383 g/mol. The van der Waals surface area contributed by atoms with Crippen molar-refractivity contribution in [3.63, 3.8) is 0 Å². The highest BCUT2D eigenvalue weighted by atomic mass is 16.3. The number of hydrogen-bond acceptors (Lipinski definition) is 2. The van der Waals surface area contributed by atoms with Gasteiger partial charge in [-0.1, -0.05) is 19.1 Å². The van der Waals surface area contributed by atoms with Crippen LogP contribution in [0.1, 0.15) is 71.6 Å². The van der Waals surface area contributed by atoms with Crippen molar-refractivity contribution in [2.24, 2.45) is 40.9 Å². The van der Waals surface area contributed by atoms with E-state index >= 15 is 0 Å². The highest BCUT2D eigenvalue weighted by Crippen LogP contribution is 2.65. The Morgan fingerprint density at radius 1 is 1.07 bits per heavy atom. The fourth-order valence-corrected chi connectivity index (χ4v) is 8.48. The zero-order valence-electron chi connectivity index (χ0n) is 17.8. The van der Waals surface area contributed by atoms with Gasteiger partial charge in [0.05, 0.1) is 11.9 Å². The van der Waals surface area contributed by atoms with Crippen LogP contribution >= 0.6 is 0 Å². The molecule has 0 radical (unpaired) electrons. The summed E-state index contributed by atoms with van der Waals surface area (Å²) in [5.41, 5.74) is 1.47. The van der Waals surface area contributed by atoms with E-state index in [1.165, 1.54) is 50.5 Å². The molecule has 1 aromatic rings. The van der Waals surface area contributed by atoms with Crippen LogP contribution in [0.3, 0.4) is 0 Å². The summed E-state index contributed by atoms with van der Waals surface area (Å²) in [7, 11) is 0. The summed E-state index contributed by atoms with van der Waals surface area (Å²) in [6, 6.07) is 0. The van der Waals surface area contributed by atoms with Gasteiger partial charge in [-0.2, -0.15) is 0 Å². The predicted octanol–water partition coefficient (Wildman–Crippen LogP) is 5.46. The molecule has 1 N–H and O–H groups in total. The highest BCUT2D eigenvalue weighted by Gasteiger charge is 2.57. The zero-order valence-corrected chi connectivity index (χ0v) is 17.8. The molecular formula is C25H38N2O. The molecule has 3 heteroatoms. The number of hydrogen-bond donors (Lipinski definition) is 1. The van der Waals surface area contributed by atoms with Gasteiger partial charge in [0.25, 0.3) is 0 Å². The Kier molecular flexibility index (Phi) is 4.54. The second kappa shape index (κ2) is 6.72. The molecule has 0 unspecified atom stereocenters. The van der Waals surface area contributed by atoms with Gasteiger partial charge in [0.1, 0.15) is 0 Å². The van der Waals surface area contributed by atoms with Crippen molar-refractivity contribution < 1.29 is 5.11 Å². The lowest BCUT2D eigenvalue weighted by atomic mass is 9.49. The summed E-state index contributed by atoms with van der Waals surface area (Å²) < 4.78 is 2.18. The topological polar surface area (TPSA) is 38.0 Å². The van der Waals surface area contributed by atoms with Gasteiger partial charge in [0.2, 0.25) is 0 Å². The van der Waals surface area contributed by atoms with Crippen LogP contribution in [0.2, 0.25) is 0 Å². The molecule has 1 aromatic heterocycles. The van der Waals surface area contributed by atoms with Gasteiger partial charge in [-0.15, -0.1) is 0 Å². The summed E-state index contributed by atoms with van der Waals surface area (Å²) in [6.45, 7) is 10.2. The summed E-state index contributed by atoms with van der Waals surface area (Å²) in [4.78, 5) is 4.21. The maximum Gasteiger partial charge on any atom is 0.0948 e. The number of fused-ring (bicyclic) bond motifs is 5. The first-order chi connectivity index (χ1) is 13.4. The SMILES string of the molecule is C=C(Cn1ccnc1)[C@H]1CC[C@H]2[C@@H]3CC[C@@H]4C[C@@](C)(O)CC[C@@H]4[C@H]3CC[C@]12C. The molecule has 5 rings (SSSR count). The Balaban J connectivity index is 1.32. The third-order valence-corrected chi connectivity index (χ3v) is 9.67. The highest BCUT2D eigenvalue weighted by molar-refractivity contribution is 5.16. The first-order valence-corrected chi connectivity index (χ1v) is 11.7. The fraction of sp³-hybridized carbons (Fsp3) is 0.800. The van der Waals surface area contributed by atoms with Gasteiger partial charge >= 0.3 is 0 Å². The predicted molar refractivity (Wildman–Crippen MR) is 113 cm³/mol. The molecule has 0 spiro atoms. The van der Waals surface area contributed by atoms with E-state index in [-0.39, 0.29) is 0 Å². The monoisotopic (exact) mass is 382 g/mol. The van der Waals surface area contributed by atoms with Gasteiger partial charge in [0.15, 0.2) is 0 Å². The van der Waals surface area contributed by atoms with E-state index < -0.39 is 5.60 Å². The fourth-order valence-electron chi connectivity index (χ4n) is 8.48. The molecule has 4 aliphatic rings. The number of aliphatic hydroxyl groups is 1. The van der Waals surface area contributed by atoms with Crippen LogP contribution in [0.5, 0.6) is 0 Å². The third kappa shape index (κ3) is 3.00. The number of aromatic nitrogens is 2. The molecule has 1 heterocycles. The van der Waals surface area contributed by atoms with Gasteiger partial charge in [-0.05, 0) is 106 Å².